The van der Waals surface area contributed by atoms with Crippen LogP contribution in [0.3, 0.4) is 0 Å². The fraction of sp³-hybridized carbons (Fsp3) is 0.0714. The quantitative estimate of drug-likeness (QED) is 0.829. The van der Waals surface area contributed by atoms with Crippen LogP contribution in [0.4, 0.5) is 15.8 Å². The minimum atomic E-state index is -0.354. The van der Waals surface area contributed by atoms with Gasteiger partial charge in [-0.05, 0) is 36.8 Å². The standard InChI is InChI=1S/C14H13FN2S/c1-9-4-2-3-5-12(9)17-13-7-6-10(15)8-11(13)14(16)18/h2-8,17H,1H3,(H2,16,18). The van der Waals surface area contributed by atoms with Crippen molar-refractivity contribution in [1.29, 1.82) is 0 Å². The van der Waals surface area contributed by atoms with E-state index in [0.29, 0.717) is 11.3 Å². The maximum atomic E-state index is 13.2. The van der Waals surface area contributed by atoms with Gasteiger partial charge < -0.3 is 11.1 Å². The van der Waals surface area contributed by atoms with Crippen LogP contribution in [-0.2, 0) is 0 Å². The number of para-hydroxylation sites is 1. The molecule has 2 rings (SSSR count). The van der Waals surface area contributed by atoms with E-state index in [1.807, 2.05) is 31.2 Å². The van der Waals surface area contributed by atoms with Crippen LogP contribution in [0.1, 0.15) is 11.1 Å². The van der Waals surface area contributed by atoms with Crippen molar-refractivity contribution in [3.63, 3.8) is 0 Å². The number of aryl methyl sites for hydroxylation is 1. The molecule has 92 valence electrons. The molecule has 18 heavy (non-hydrogen) atoms. The second kappa shape index (κ2) is 5.14. The normalized spacial score (nSPS) is 10.1. The zero-order chi connectivity index (χ0) is 13.1. The number of nitrogens with two attached hydrogens (primary N) is 1. The molecule has 2 aromatic rings. The molecule has 0 fully saturated rings. The van der Waals surface area contributed by atoms with Crippen molar-refractivity contribution in [3.05, 3.63) is 59.4 Å². The van der Waals surface area contributed by atoms with Gasteiger partial charge in [0.2, 0.25) is 0 Å². The van der Waals surface area contributed by atoms with Crippen LogP contribution in [0, 0.1) is 12.7 Å². The number of hydrogen-bond acceptors (Lipinski definition) is 2. The lowest BCUT2D eigenvalue weighted by molar-refractivity contribution is 0.628. The van der Waals surface area contributed by atoms with Gasteiger partial charge in [0.1, 0.15) is 10.8 Å². The first-order valence-electron chi connectivity index (χ1n) is 5.50. The highest BCUT2D eigenvalue weighted by Crippen LogP contribution is 2.24. The van der Waals surface area contributed by atoms with E-state index in [-0.39, 0.29) is 10.8 Å². The third-order valence-electron chi connectivity index (χ3n) is 2.66. The Hall–Kier alpha value is -1.94. The van der Waals surface area contributed by atoms with Crippen LogP contribution in [0.5, 0.6) is 0 Å². The predicted molar refractivity (Wildman–Crippen MR) is 76.7 cm³/mol. The summed E-state index contributed by atoms with van der Waals surface area (Å²) in [7, 11) is 0. The number of hydrogen-bond donors (Lipinski definition) is 2. The Labute approximate surface area is 111 Å². The van der Waals surface area contributed by atoms with Crippen molar-refractivity contribution in [2.75, 3.05) is 5.32 Å². The van der Waals surface area contributed by atoms with Crippen LogP contribution in [-0.4, -0.2) is 4.99 Å². The summed E-state index contributed by atoms with van der Waals surface area (Å²) in [5.41, 5.74) is 8.85. The van der Waals surface area contributed by atoms with Crippen LogP contribution in [0.15, 0.2) is 42.5 Å². The summed E-state index contributed by atoms with van der Waals surface area (Å²) in [5, 5.41) is 3.22. The fourth-order valence-corrected chi connectivity index (χ4v) is 1.86. The van der Waals surface area contributed by atoms with Gasteiger partial charge in [0.15, 0.2) is 0 Å². The van der Waals surface area contributed by atoms with Crippen molar-refractivity contribution in [2.45, 2.75) is 6.92 Å². The molecule has 0 radical (unpaired) electrons. The summed E-state index contributed by atoms with van der Waals surface area (Å²) in [4.78, 5) is 0.172. The molecular formula is C14H13FN2S. The van der Waals surface area contributed by atoms with Gasteiger partial charge in [-0.2, -0.15) is 0 Å². The van der Waals surface area contributed by atoms with Gasteiger partial charge in [-0.3, -0.25) is 0 Å². The zero-order valence-corrected chi connectivity index (χ0v) is 10.7. The van der Waals surface area contributed by atoms with Gasteiger partial charge in [0, 0.05) is 16.9 Å². The summed E-state index contributed by atoms with van der Waals surface area (Å²) >= 11 is 4.93. The van der Waals surface area contributed by atoms with Crippen LogP contribution < -0.4 is 11.1 Å². The number of halogens is 1. The van der Waals surface area contributed by atoms with Crippen LogP contribution >= 0.6 is 12.2 Å². The van der Waals surface area contributed by atoms with E-state index in [1.165, 1.54) is 12.1 Å². The molecular weight excluding hydrogens is 247 g/mol. The molecule has 0 aliphatic rings. The minimum Gasteiger partial charge on any atom is -0.389 e. The second-order valence-corrected chi connectivity index (χ2v) is 4.43. The van der Waals surface area contributed by atoms with Gasteiger partial charge in [-0.1, -0.05) is 30.4 Å². The summed E-state index contributed by atoms with van der Waals surface area (Å²) < 4.78 is 13.2. The highest BCUT2D eigenvalue weighted by Gasteiger charge is 2.07. The average Bonchev–Trinajstić information content (AvgIpc) is 2.34. The molecule has 2 aromatic carbocycles. The number of benzene rings is 2. The van der Waals surface area contributed by atoms with Gasteiger partial charge in [-0.25, -0.2) is 4.39 Å². The van der Waals surface area contributed by atoms with E-state index in [9.17, 15) is 4.39 Å². The third kappa shape index (κ3) is 2.65. The van der Waals surface area contributed by atoms with Crippen molar-refractivity contribution < 1.29 is 4.39 Å². The molecule has 0 spiro atoms. The van der Waals surface area contributed by atoms with E-state index in [0.717, 1.165) is 11.3 Å². The number of thiocarbonyl (C=S) groups is 1. The highest BCUT2D eigenvalue weighted by atomic mass is 32.1. The zero-order valence-electron chi connectivity index (χ0n) is 9.91. The molecule has 4 heteroatoms. The lowest BCUT2D eigenvalue weighted by atomic mass is 10.1. The van der Waals surface area contributed by atoms with Crippen molar-refractivity contribution in [1.82, 2.24) is 0 Å². The Kier molecular flexibility index (Phi) is 3.58. The lowest BCUT2D eigenvalue weighted by Gasteiger charge is -2.13. The van der Waals surface area contributed by atoms with E-state index in [2.05, 4.69) is 5.32 Å². The topological polar surface area (TPSA) is 38.0 Å². The van der Waals surface area contributed by atoms with Crippen LogP contribution in [0.25, 0.3) is 0 Å². The Morgan fingerprint density at radius 3 is 2.56 bits per heavy atom. The smallest absolute Gasteiger partial charge is 0.124 e. The monoisotopic (exact) mass is 260 g/mol. The lowest BCUT2D eigenvalue weighted by Crippen LogP contribution is -2.12. The number of anilines is 2. The number of nitrogens with one attached hydrogen (secondary N) is 1. The fourth-order valence-electron chi connectivity index (χ4n) is 1.69. The minimum absolute atomic E-state index is 0.172. The van der Waals surface area contributed by atoms with E-state index >= 15 is 0 Å². The molecule has 3 N–H and O–H groups in total. The first-order chi connectivity index (χ1) is 8.58. The van der Waals surface area contributed by atoms with Gasteiger partial charge in [-0.15, -0.1) is 0 Å². The van der Waals surface area contributed by atoms with Crippen molar-refractivity contribution in [2.24, 2.45) is 5.73 Å². The molecule has 2 nitrogen and oxygen atoms in total. The summed E-state index contributed by atoms with van der Waals surface area (Å²) in [6.07, 6.45) is 0. The Morgan fingerprint density at radius 1 is 1.17 bits per heavy atom. The summed E-state index contributed by atoms with van der Waals surface area (Å²) in [5.74, 6) is -0.354. The Morgan fingerprint density at radius 2 is 1.89 bits per heavy atom. The molecule has 0 bridgehead atoms. The van der Waals surface area contributed by atoms with Crippen LogP contribution in [0.2, 0.25) is 0 Å². The second-order valence-electron chi connectivity index (χ2n) is 3.99. The number of rotatable bonds is 3. The maximum absolute atomic E-state index is 13.2. The molecule has 0 heterocycles. The van der Waals surface area contributed by atoms with Crippen molar-refractivity contribution >= 4 is 28.6 Å². The molecule has 0 aliphatic carbocycles. The SMILES string of the molecule is Cc1ccccc1Nc1ccc(F)cc1C(N)=S. The Balaban J connectivity index is 2.41. The van der Waals surface area contributed by atoms with E-state index < -0.39 is 0 Å². The first kappa shape index (κ1) is 12.5. The van der Waals surface area contributed by atoms with Gasteiger partial charge in [0.05, 0.1) is 0 Å². The average molecular weight is 260 g/mol. The van der Waals surface area contributed by atoms with Gasteiger partial charge >= 0.3 is 0 Å². The largest absolute Gasteiger partial charge is 0.389 e. The summed E-state index contributed by atoms with van der Waals surface area (Å²) in [6, 6.07) is 12.2. The molecule has 0 aliphatic heterocycles. The molecule has 0 amide bonds. The summed E-state index contributed by atoms with van der Waals surface area (Å²) in [6.45, 7) is 1.99. The molecule has 0 atom stereocenters. The Bertz CT molecular complexity index is 596. The highest BCUT2D eigenvalue weighted by molar-refractivity contribution is 7.80. The molecule has 0 saturated heterocycles. The molecule has 0 aromatic heterocycles. The maximum Gasteiger partial charge on any atom is 0.124 e. The predicted octanol–water partition coefficient (Wildman–Crippen LogP) is 3.51. The van der Waals surface area contributed by atoms with E-state index in [4.69, 9.17) is 18.0 Å². The van der Waals surface area contributed by atoms with Gasteiger partial charge in [0.25, 0.3) is 0 Å². The molecule has 0 unspecified atom stereocenters. The van der Waals surface area contributed by atoms with Crippen molar-refractivity contribution in [3.8, 4) is 0 Å². The third-order valence-corrected chi connectivity index (χ3v) is 2.88. The first-order valence-corrected chi connectivity index (χ1v) is 5.91. The molecule has 0 saturated carbocycles. The van der Waals surface area contributed by atoms with E-state index in [1.54, 1.807) is 6.07 Å².